The first-order valence-corrected chi connectivity index (χ1v) is 8.97. The molecule has 0 aromatic heterocycles. The molecule has 0 bridgehead atoms. The maximum absolute atomic E-state index is 10.4. The highest BCUT2D eigenvalue weighted by molar-refractivity contribution is 5.32. The summed E-state index contributed by atoms with van der Waals surface area (Å²) in [5, 5.41) is 10.4. The van der Waals surface area contributed by atoms with Gasteiger partial charge in [0.25, 0.3) is 0 Å². The summed E-state index contributed by atoms with van der Waals surface area (Å²) in [6.07, 6.45) is 3.87. The van der Waals surface area contributed by atoms with Crippen LogP contribution in [0.2, 0.25) is 0 Å². The molecule has 1 aromatic rings. The first-order chi connectivity index (χ1) is 11.3. The Morgan fingerprint density at radius 3 is 2.87 bits per heavy atom. The lowest BCUT2D eigenvalue weighted by molar-refractivity contribution is -0.0666. The van der Waals surface area contributed by atoms with Crippen LogP contribution in [0.5, 0.6) is 0 Å². The second-order valence-electron chi connectivity index (χ2n) is 6.67. The van der Waals surface area contributed by atoms with E-state index >= 15 is 0 Å². The lowest BCUT2D eigenvalue weighted by atomic mass is 9.91. The van der Waals surface area contributed by atoms with E-state index in [0.717, 1.165) is 45.4 Å². The van der Waals surface area contributed by atoms with Crippen LogP contribution >= 0.6 is 0 Å². The molecule has 128 valence electrons. The van der Waals surface area contributed by atoms with Crippen molar-refractivity contribution in [2.24, 2.45) is 0 Å². The summed E-state index contributed by atoms with van der Waals surface area (Å²) >= 11 is 0. The molecular weight excluding hydrogens is 290 g/mol. The highest BCUT2D eigenvalue weighted by atomic mass is 16.5. The fourth-order valence-electron chi connectivity index (χ4n) is 3.81. The third kappa shape index (κ3) is 4.32. The van der Waals surface area contributed by atoms with Crippen molar-refractivity contribution in [1.82, 2.24) is 4.90 Å². The fraction of sp³-hybridized carbons (Fsp3) is 0.684. The molecule has 2 atom stereocenters. The van der Waals surface area contributed by atoms with E-state index in [1.165, 1.54) is 11.1 Å². The van der Waals surface area contributed by atoms with Gasteiger partial charge in [-0.05, 0) is 36.8 Å². The standard InChI is InChI=1S/C19H29NO3/c1-2-19-18-6-4-3-5-15(18)7-10-20(19)13-16(21)14-23-17-8-11-22-12-9-17/h3-6,16-17,19,21H,2,7-14H2,1H3. The lowest BCUT2D eigenvalue weighted by Crippen LogP contribution is -2.42. The summed E-state index contributed by atoms with van der Waals surface area (Å²) in [5.41, 5.74) is 2.89. The van der Waals surface area contributed by atoms with E-state index in [4.69, 9.17) is 9.47 Å². The summed E-state index contributed by atoms with van der Waals surface area (Å²) in [7, 11) is 0. The molecule has 4 heteroatoms. The Balaban J connectivity index is 1.52. The van der Waals surface area contributed by atoms with Gasteiger partial charge in [-0.3, -0.25) is 4.90 Å². The van der Waals surface area contributed by atoms with Crippen LogP contribution in [0.15, 0.2) is 24.3 Å². The number of hydrogen-bond donors (Lipinski definition) is 1. The molecule has 1 fully saturated rings. The topological polar surface area (TPSA) is 41.9 Å². The van der Waals surface area contributed by atoms with Gasteiger partial charge in [0.05, 0.1) is 18.8 Å². The Kier molecular flexibility index (Phi) is 6.06. The number of rotatable bonds is 6. The van der Waals surface area contributed by atoms with Gasteiger partial charge in [-0.25, -0.2) is 0 Å². The maximum Gasteiger partial charge on any atom is 0.0900 e. The predicted molar refractivity (Wildman–Crippen MR) is 90.6 cm³/mol. The minimum Gasteiger partial charge on any atom is -0.389 e. The number of benzene rings is 1. The number of aliphatic hydroxyl groups excluding tert-OH is 1. The molecule has 1 aromatic carbocycles. The van der Waals surface area contributed by atoms with Crippen LogP contribution in [0.3, 0.4) is 0 Å². The number of hydrogen-bond acceptors (Lipinski definition) is 4. The van der Waals surface area contributed by atoms with E-state index in [-0.39, 0.29) is 6.10 Å². The molecule has 0 spiro atoms. The number of β-amino-alcohol motifs (C(OH)–C–C–N with tert-alkyl or cyclic N) is 1. The molecule has 0 aliphatic carbocycles. The third-order valence-corrected chi connectivity index (χ3v) is 5.05. The van der Waals surface area contributed by atoms with Crippen LogP contribution in [0.25, 0.3) is 0 Å². The quantitative estimate of drug-likeness (QED) is 0.875. The molecule has 0 saturated carbocycles. The number of fused-ring (bicyclic) bond motifs is 1. The highest BCUT2D eigenvalue weighted by Gasteiger charge is 2.27. The summed E-state index contributed by atoms with van der Waals surface area (Å²) in [6.45, 7) is 5.92. The number of aliphatic hydroxyl groups is 1. The van der Waals surface area contributed by atoms with E-state index < -0.39 is 6.10 Å². The molecular formula is C19H29NO3. The van der Waals surface area contributed by atoms with Crippen LogP contribution in [-0.4, -0.2) is 55.1 Å². The van der Waals surface area contributed by atoms with Gasteiger partial charge in [0.15, 0.2) is 0 Å². The van der Waals surface area contributed by atoms with E-state index in [2.05, 4.69) is 36.1 Å². The number of ether oxygens (including phenoxy) is 2. The second kappa shape index (κ2) is 8.25. The van der Waals surface area contributed by atoms with Crippen molar-refractivity contribution in [3.63, 3.8) is 0 Å². The zero-order chi connectivity index (χ0) is 16.1. The third-order valence-electron chi connectivity index (χ3n) is 5.05. The normalized spacial score (nSPS) is 24.3. The Morgan fingerprint density at radius 2 is 2.09 bits per heavy atom. The monoisotopic (exact) mass is 319 g/mol. The molecule has 1 saturated heterocycles. The van der Waals surface area contributed by atoms with Gasteiger partial charge < -0.3 is 14.6 Å². The van der Waals surface area contributed by atoms with Crippen LogP contribution in [0.1, 0.15) is 43.4 Å². The van der Waals surface area contributed by atoms with Crippen LogP contribution < -0.4 is 0 Å². The molecule has 0 amide bonds. The van der Waals surface area contributed by atoms with Crippen molar-refractivity contribution in [2.75, 3.05) is 32.9 Å². The molecule has 0 radical (unpaired) electrons. The van der Waals surface area contributed by atoms with Gasteiger partial charge in [0, 0.05) is 32.3 Å². The summed E-state index contributed by atoms with van der Waals surface area (Å²) < 4.78 is 11.2. The van der Waals surface area contributed by atoms with Crippen LogP contribution in [0.4, 0.5) is 0 Å². The summed E-state index contributed by atoms with van der Waals surface area (Å²) in [6, 6.07) is 9.13. The van der Waals surface area contributed by atoms with Gasteiger partial charge in [-0.2, -0.15) is 0 Å². The Labute approximate surface area is 139 Å². The zero-order valence-corrected chi connectivity index (χ0v) is 14.1. The SMILES string of the molecule is CCC1c2ccccc2CCN1CC(O)COC1CCOCC1. The van der Waals surface area contributed by atoms with E-state index in [1.807, 2.05) is 0 Å². The molecule has 2 aliphatic heterocycles. The van der Waals surface area contributed by atoms with Gasteiger partial charge in [-0.1, -0.05) is 31.2 Å². The molecule has 2 unspecified atom stereocenters. The molecule has 2 aliphatic rings. The smallest absolute Gasteiger partial charge is 0.0900 e. The Hall–Kier alpha value is -0.940. The van der Waals surface area contributed by atoms with Gasteiger partial charge in [0.1, 0.15) is 0 Å². The number of nitrogens with zero attached hydrogens (tertiary/aromatic N) is 1. The maximum atomic E-state index is 10.4. The van der Waals surface area contributed by atoms with Gasteiger partial charge in [0.2, 0.25) is 0 Å². The summed E-state index contributed by atoms with van der Waals surface area (Å²) in [4.78, 5) is 2.42. The van der Waals surface area contributed by atoms with E-state index in [1.54, 1.807) is 0 Å². The van der Waals surface area contributed by atoms with Crippen molar-refractivity contribution < 1.29 is 14.6 Å². The fourth-order valence-corrected chi connectivity index (χ4v) is 3.81. The predicted octanol–water partition coefficient (Wildman–Crippen LogP) is 2.55. The largest absolute Gasteiger partial charge is 0.389 e. The van der Waals surface area contributed by atoms with E-state index in [9.17, 15) is 5.11 Å². The van der Waals surface area contributed by atoms with E-state index in [0.29, 0.717) is 19.2 Å². The van der Waals surface area contributed by atoms with Gasteiger partial charge >= 0.3 is 0 Å². The second-order valence-corrected chi connectivity index (χ2v) is 6.67. The molecule has 2 heterocycles. The van der Waals surface area contributed by atoms with Gasteiger partial charge in [-0.15, -0.1) is 0 Å². The highest BCUT2D eigenvalue weighted by Crippen LogP contribution is 2.31. The van der Waals surface area contributed by atoms with Crippen molar-refractivity contribution in [1.29, 1.82) is 0 Å². The first kappa shape index (κ1) is 16.9. The molecule has 3 rings (SSSR count). The van der Waals surface area contributed by atoms with Crippen molar-refractivity contribution in [3.8, 4) is 0 Å². The van der Waals surface area contributed by atoms with Crippen molar-refractivity contribution in [2.45, 2.75) is 50.9 Å². The Bertz CT molecular complexity index is 487. The van der Waals surface area contributed by atoms with Crippen molar-refractivity contribution in [3.05, 3.63) is 35.4 Å². The lowest BCUT2D eigenvalue weighted by Gasteiger charge is -2.38. The minimum atomic E-state index is -0.419. The van der Waals surface area contributed by atoms with Crippen LogP contribution in [-0.2, 0) is 15.9 Å². The average Bonchev–Trinajstić information content (AvgIpc) is 2.60. The van der Waals surface area contributed by atoms with Crippen molar-refractivity contribution >= 4 is 0 Å². The first-order valence-electron chi connectivity index (χ1n) is 8.97. The molecule has 4 nitrogen and oxygen atoms in total. The van der Waals surface area contributed by atoms with Crippen LogP contribution in [0, 0.1) is 0 Å². The zero-order valence-electron chi connectivity index (χ0n) is 14.1. The molecule has 23 heavy (non-hydrogen) atoms. The summed E-state index contributed by atoms with van der Waals surface area (Å²) in [5.74, 6) is 0. The molecule has 1 N–H and O–H groups in total. The Morgan fingerprint density at radius 1 is 1.30 bits per heavy atom. The average molecular weight is 319 g/mol. The minimum absolute atomic E-state index is 0.252.